The summed E-state index contributed by atoms with van der Waals surface area (Å²) in [6, 6.07) is 4.42. The fourth-order valence-electron chi connectivity index (χ4n) is 1.68. The molecule has 1 atom stereocenters. The van der Waals surface area contributed by atoms with Crippen molar-refractivity contribution in [3.8, 4) is 0 Å². The van der Waals surface area contributed by atoms with Crippen LogP contribution in [0, 0.1) is 5.82 Å². The number of benzene rings is 1. The summed E-state index contributed by atoms with van der Waals surface area (Å²) in [5.74, 6) is -0.317. The van der Waals surface area contributed by atoms with E-state index in [0.29, 0.717) is 11.4 Å². The molecule has 2 N–H and O–H groups in total. The Morgan fingerprint density at radius 3 is 2.78 bits per heavy atom. The monoisotopic (exact) mass is 271 g/mol. The number of anilines is 1. The molecule has 0 aliphatic carbocycles. The molecule has 0 saturated carbocycles. The number of aliphatic hydroxyl groups is 1. The number of halogens is 1. The Labute approximate surface area is 111 Å². The van der Waals surface area contributed by atoms with Crippen LogP contribution in [0.25, 0.3) is 0 Å². The predicted octanol–water partition coefficient (Wildman–Crippen LogP) is 2.55. The fraction of sp³-hybridized carbons (Fsp3) is 0.462. The minimum Gasteiger partial charge on any atom is -0.387 e. The van der Waals surface area contributed by atoms with E-state index < -0.39 is 11.4 Å². The number of rotatable bonds is 6. The molecule has 1 aromatic rings. The highest BCUT2D eigenvalue weighted by atomic mass is 32.2. The van der Waals surface area contributed by atoms with E-state index in [2.05, 4.69) is 5.32 Å². The van der Waals surface area contributed by atoms with E-state index in [0.717, 1.165) is 0 Å². The van der Waals surface area contributed by atoms with Gasteiger partial charge in [-0.1, -0.05) is 6.07 Å². The Balaban J connectivity index is 2.85. The van der Waals surface area contributed by atoms with Gasteiger partial charge in [0.1, 0.15) is 5.82 Å². The van der Waals surface area contributed by atoms with Crippen molar-refractivity contribution in [1.29, 1.82) is 0 Å². The normalized spacial score (nSPS) is 14.1. The van der Waals surface area contributed by atoms with Gasteiger partial charge in [0.05, 0.1) is 11.2 Å². The van der Waals surface area contributed by atoms with Crippen LogP contribution in [0.4, 0.5) is 10.1 Å². The minimum atomic E-state index is -0.903. The quantitative estimate of drug-likeness (QED) is 0.781. The molecule has 0 aliphatic rings. The lowest BCUT2D eigenvalue weighted by Crippen LogP contribution is -2.36. The SMILES string of the molecule is CSC[C@](C)(O)CNc1cccc(F)c1C(C)=O. The number of Topliss-reactive ketones (excluding diaryl/α,β-unsaturated/α-hetero) is 1. The van der Waals surface area contributed by atoms with Crippen LogP contribution < -0.4 is 5.32 Å². The lowest BCUT2D eigenvalue weighted by molar-refractivity contribution is 0.0984. The van der Waals surface area contributed by atoms with Crippen LogP contribution in [0.3, 0.4) is 0 Å². The molecule has 0 heterocycles. The van der Waals surface area contributed by atoms with Gasteiger partial charge in [-0.05, 0) is 32.2 Å². The van der Waals surface area contributed by atoms with Gasteiger partial charge in [-0.2, -0.15) is 11.8 Å². The van der Waals surface area contributed by atoms with Crippen molar-refractivity contribution in [3.05, 3.63) is 29.6 Å². The zero-order valence-electron chi connectivity index (χ0n) is 10.8. The molecule has 0 unspecified atom stereocenters. The van der Waals surface area contributed by atoms with Crippen LogP contribution in [-0.4, -0.2) is 35.0 Å². The molecule has 0 aliphatic heterocycles. The molecule has 0 radical (unpaired) electrons. The van der Waals surface area contributed by atoms with E-state index in [9.17, 15) is 14.3 Å². The van der Waals surface area contributed by atoms with Gasteiger partial charge in [0.15, 0.2) is 5.78 Å². The van der Waals surface area contributed by atoms with Crippen molar-refractivity contribution in [3.63, 3.8) is 0 Å². The van der Waals surface area contributed by atoms with Crippen molar-refractivity contribution in [1.82, 2.24) is 0 Å². The maximum Gasteiger partial charge on any atom is 0.164 e. The van der Waals surface area contributed by atoms with E-state index in [1.807, 2.05) is 6.26 Å². The maximum atomic E-state index is 13.5. The van der Waals surface area contributed by atoms with E-state index in [1.54, 1.807) is 13.0 Å². The third-order valence-corrected chi connectivity index (χ3v) is 3.39. The number of carbonyl (C=O) groups is 1. The Morgan fingerprint density at radius 1 is 1.56 bits per heavy atom. The van der Waals surface area contributed by atoms with Crippen molar-refractivity contribution in [2.24, 2.45) is 0 Å². The van der Waals surface area contributed by atoms with Crippen LogP contribution in [0.15, 0.2) is 18.2 Å². The largest absolute Gasteiger partial charge is 0.387 e. The predicted molar refractivity (Wildman–Crippen MR) is 73.9 cm³/mol. The molecule has 1 rings (SSSR count). The highest BCUT2D eigenvalue weighted by Gasteiger charge is 2.21. The third-order valence-electron chi connectivity index (χ3n) is 2.48. The van der Waals surface area contributed by atoms with Gasteiger partial charge in [0.2, 0.25) is 0 Å². The first-order valence-electron chi connectivity index (χ1n) is 5.62. The standard InChI is InChI=1S/C13H18FNO2S/c1-9(16)12-10(14)5-4-6-11(12)15-7-13(2,17)8-18-3/h4-6,15,17H,7-8H2,1-3H3/t13-/m1/s1. The second kappa shape index (κ2) is 6.20. The molecular formula is C13H18FNO2S. The number of nitrogens with one attached hydrogen (secondary N) is 1. The summed E-state index contributed by atoms with van der Waals surface area (Å²) in [6.07, 6.45) is 1.90. The molecule has 18 heavy (non-hydrogen) atoms. The minimum absolute atomic E-state index is 0.0393. The maximum absolute atomic E-state index is 13.5. The zero-order chi connectivity index (χ0) is 13.8. The van der Waals surface area contributed by atoms with Gasteiger partial charge in [-0.15, -0.1) is 0 Å². The lowest BCUT2D eigenvalue weighted by Gasteiger charge is -2.23. The zero-order valence-corrected chi connectivity index (χ0v) is 11.6. The summed E-state index contributed by atoms with van der Waals surface area (Å²) >= 11 is 1.53. The number of hydrogen-bond donors (Lipinski definition) is 2. The molecule has 0 spiro atoms. The van der Waals surface area contributed by atoms with E-state index in [4.69, 9.17) is 0 Å². The average Bonchev–Trinajstić information content (AvgIpc) is 2.26. The summed E-state index contributed by atoms with van der Waals surface area (Å²) in [5.41, 5.74) is -0.443. The van der Waals surface area contributed by atoms with Crippen LogP contribution in [0.1, 0.15) is 24.2 Å². The first-order chi connectivity index (χ1) is 8.37. The second-order valence-electron chi connectivity index (χ2n) is 4.50. The van der Waals surface area contributed by atoms with Gasteiger partial charge in [0.25, 0.3) is 0 Å². The van der Waals surface area contributed by atoms with Gasteiger partial charge in [-0.25, -0.2) is 4.39 Å². The van der Waals surface area contributed by atoms with Crippen LogP contribution in [-0.2, 0) is 0 Å². The van der Waals surface area contributed by atoms with Crippen molar-refractivity contribution < 1.29 is 14.3 Å². The molecule has 0 aromatic heterocycles. The second-order valence-corrected chi connectivity index (χ2v) is 5.37. The Bertz CT molecular complexity index is 435. The highest BCUT2D eigenvalue weighted by Crippen LogP contribution is 2.21. The topological polar surface area (TPSA) is 49.3 Å². The number of carbonyl (C=O) groups excluding carboxylic acids is 1. The van der Waals surface area contributed by atoms with Gasteiger partial charge < -0.3 is 10.4 Å². The number of hydrogen-bond acceptors (Lipinski definition) is 4. The molecule has 0 saturated heterocycles. The van der Waals surface area contributed by atoms with Crippen molar-refractivity contribution >= 4 is 23.2 Å². The van der Waals surface area contributed by atoms with Gasteiger partial charge in [0, 0.05) is 18.0 Å². The first kappa shape index (κ1) is 15.0. The van der Waals surface area contributed by atoms with E-state index in [1.165, 1.54) is 30.8 Å². The molecule has 1 aromatic carbocycles. The van der Waals surface area contributed by atoms with Gasteiger partial charge >= 0.3 is 0 Å². The number of thioether (sulfide) groups is 1. The van der Waals surface area contributed by atoms with Crippen LogP contribution in [0.5, 0.6) is 0 Å². The van der Waals surface area contributed by atoms with Crippen LogP contribution >= 0.6 is 11.8 Å². The summed E-state index contributed by atoms with van der Waals surface area (Å²) in [5, 5.41) is 12.9. The van der Waals surface area contributed by atoms with E-state index in [-0.39, 0.29) is 17.9 Å². The molecule has 100 valence electrons. The lowest BCUT2D eigenvalue weighted by atomic mass is 10.1. The summed E-state index contributed by atoms with van der Waals surface area (Å²) < 4.78 is 13.5. The third kappa shape index (κ3) is 3.99. The van der Waals surface area contributed by atoms with Crippen molar-refractivity contribution in [2.45, 2.75) is 19.4 Å². The molecule has 0 fully saturated rings. The summed E-state index contributed by atoms with van der Waals surface area (Å²) in [6.45, 7) is 3.28. The molecule has 0 amide bonds. The van der Waals surface area contributed by atoms with Crippen molar-refractivity contribution in [2.75, 3.05) is 23.9 Å². The van der Waals surface area contributed by atoms with E-state index >= 15 is 0 Å². The first-order valence-corrected chi connectivity index (χ1v) is 7.01. The molecule has 0 bridgehead atoms. The smallest absolute Gasteiger partial charge is 0.164 e. The Hall–Kier alpha value is -1.07. The number of ketones is 1. The van der Waals surface area contributed by atoms with Crippen LogP contribution in [0.2, 0.25) is 0 Å². The average molecular weight is 271 g/mol. The molecule has 5 heteroatoms. The Morgan fingerprint density at radius 2 is 2.22 bits per heavy atom. The summed E-state index contributed by atoms with van der Waals surface area (Å²) in [7, 11) is 0. The highest BCUT2D eigenvalue weighted by molar-refractivity contribution is 7.98. The summed E-state index contributed by atoms with van der Waals surface area (Å²) in [4.78, 5) is 11.4. The molecular weight excluding hydrogens is 253 g/mol. The van der Waals surface area contributed by atoms with Gasteiger partial charge in [-0.3, -0.25) is 4.79 Å². The molecule has 3 nitrogen and oxygen atoms in total. The Kier molecular flexibility index (Phi) is 5.16. The fourth-order valence-corrected chi connectivity index (χ4v) is 2.40.